The number of benzene rings is 2. The van der Waals surface area contributed by atoms with Gasteiger partial charge in [-0.2, -0.15) is 0 Å². The molecule has 2 rings (SSSR count). The van der Waals surface area contributed by atoms with Crippen LogP contribution in [0, 0.1) is 12.7 Å². The van der Waals surface area contributed by atoms with E-state index in [1.165, 1.54) is 12.1 Å². The number of hydrogen-bond donors (Lipinski definition) is 1. The Bertz CT molecular complexity index is 580. The second kappa shape index (κ2) is 6.04. The van der Waals surface area contributed by atoms with Crippen molar-refractivity contribution in [3.05, 3.63) is 68.4 Å². The molecule has 0 bridgehead atoms. The Morgan fingerprint density at radius 1 is 1.32 bits per heavy atom. The Morgan fingerprint density at radius 3 is 2.74 bits per heavy atom. The Morgan fingerprint density at radius 2 is 2.05 bits per heavy atom. The molecule has 0 amide bonds. The van der Waals surface area contributed by atoms with Gasteiger partial charge in [0.05, 0.1) is 6.10 Å². The Kier molecular flexibility index (Phi) is 4.61. The highest BCUT2D eigenvalue weighted by atomic mass is 79.9. The lowest BCUT2D eigenvalue weighted by Gasteiger charge is -2.14. The Labute approximate surface area is 125 Å². The normalized spacial score (nSPS) is 12.5. The molecule has 4 heteroatoms. The van der Waals surface area contributed by atoms with E-state index in [1.54, 1.807) is 12.1 Å². The lowest BCUT2D eigenvalue weighted by molar-refractivity contribution is 0.178. The molecule has 1 atom stereocenters. The third-order valence-electron chi connectivity index (χ3n) is 2.93. The van der Waals surface area contributed by atoms with E-state index >= 15 is 0 Å². The minimum absolute atomic E-state index is 0.319. The number of hydrogen-bond acceptors (Lipinski definition) is 1. The molecule has 19 heavy (non-hydrogen) atoms. The van der Waals surface area contributed by atoms with Crippen LogP contribution in [0.25, 0.3) is 0 Å². The summed E-state index contributed by atoms with van der Waals surface area (Å²) in [5.74, 6) is -0.327. The SMILES string of the molecule is Cc1cccc(C(O)Cc2cc(F)cc(Br)c2)c1Cl. The maximum Gasteiger partial charge on any atom is 0.124 e. The summed E-state index contributed by atoms with van der Waals surface area (Å²) in [5, 5.41) is 10.8. The van der Waals surface area contributed by atoms with Crippen LogP contribution < -0.4 is 0 Å². The van der Waals surface area contributed by atoms with Crippen molar-refractivity contribution < 1.29 is 9.50 Å². The summed E-state index contributed by atoms with van der Waals surface area (Å²) in [6, 6.07) is 10.1. The molecule has 1 unspecified atom stereocenters. The number of aliphatic hydroxyl groups is 1. The van der Waals surface area contributed by atoms with Crippen molar-refractivity contribution in [2.45, 2.75) is 19.4 Å². The van der Waals surface area contributed by atoms with E-state index in [-0.39, 0.29) is 5.82 Å². The highest BCUT2D eigenvalue weighted by Crippen LogP contribution is 2.29. The van der Waals surface area contributed by atoms with Gasteiger partial charge >= 0.3 is 0 Å². The summed E-state index contributed by atoms with van der Waals surface area (Å²) >= 11 is 9.41. The first-order valence-corrected chi connectivity index (χ1v) is 7.02. The third-order valence-corrected chi connectivity index (χ3v) is 3.91. The largest absolute Gasteiger partial charge is 0.388 e. The van der Waals surface area contributed by atoms with Crippen molar-refractivity contribution in [1.29, 1.82) is 0 Å². The molecule has 0 aliphatic heterocycles. The van der Waals surface area contributed by atoms with Crippen molar-refractivity contribution in [3.63, 3.8) is 0 Å². The Balaban J connectivity index is 2.25. The van der Waals surface area contributed by atoms with Gasteiger partial charge < -0.3 is 5.11 Å². The van der Waals surface area contributed by atoms with Gasteiger partial charge in [-0.05, 0) is 41.8 Å². The number of aryl methyl sites for hydroxylation is 1. The highest BCUT2D eigenvalue weighted by Gasteiger charge is 2.14. The van der Waals surface area contributed by atoms with E-state index in [2.05, 4.69) is 15.9 Å². The van der Waals surface area contributed by atoms with Crippen molar-refractivity contribution in [2.24, 2.45) is 0 Å². The smallest absolute Gasteiger partial charge is 0.124 e. The molecule has 1 N–H and O–H groups in total. The maximum absolute atomic E-state index is 13.3. The van der Waals surface area contributed by atoms with Gasteiger partial charge in [0.2, 0.25) is 0 Å². The first kappa shape index (κ1) is 14.5. The molecule has 0 aromatic heterocycles. The van der Waals surface area contributed by atoms with Gasteiger partial charge in [-0.3, -0.25) is 0 Å². The fourth-order valence-electron chi connectivity index (χ4n) is 1.99. The van der Waals surface area contributed by atoms with Crippen molar-refractivity contribution in [2.75, 3.05) is 0 Å². The summed E-state index contributed by atoms with van der Waals surface area (Å²) in [7, 11) is 0. The zero-order valence-electron chi connectivity index (χ0n) is 10.3. The minimum atomic E-state index is -0.749. The average molecular weight is 344 g/mol. The summed E-state index contributed by atoms with van der Waals surface area (Å²) in [4.78, 5) is 0. The molecular weight excluding hydrogens is 331 g/mol. The van der Waals surface area contributed by atoms with Gasteiger partial charge in [0, 0.05) is 15.9 Å². The first-order chi connectivity index (χ1) is 8.97. The van der Waals surface area contributed by atoms with Crippen LogP contribution in [0.5, 0.6) is 0 Å². The lowest BCUT2D eigenvalue weighted by Crippen LogP contribution is -2.03. The highest BCUT2D eigenvalue weighted by molar-refractivity contribution is 9.10. The predicted molar refractivity (Wildman–Crippen MR) is 79.0 cm³/mol. The van der Waals surface area contributed by atoms with E-state index in [4.69, 9.17) is 11.6 Å². The fraction of sp³-hybridized carbons (Fsp3) is 0.200. The summed E-state index contributed by atoms with van der Waals surface area (Å²) < 4.78 is 13.9. The number of aliphatic hydroxyl groups excluding tert-OH is 1. The van der Waals surface area contributed by atoms with Gasteiger partial charge in [0.25, 0.3) is 0 Å². The van der Waals surface area contributed by atoms with Gasteiger partial charge in [-0.25, -0.2) is 4.39 Å². The second-order valence-electron chi connectivity index (χ2n) is 4.48. The van der Waals surface area contributed by atoms with E-state index < -0.39 is 6.10 Å². The first-order valence-electron chi connectivity index (χ1n) is 5.85. The van der Waals surface area contributed by atoms with Crippen molar-refractivity contribution in [1.82, 2.24) is 0 Å². The molecule has 0 aliphatic carbocycles. The zero-order valence-corrected chi connectivity index (χ0v) is 12.7. The average Bonchev–Trinajstić information content (AvgIpc) is 2.31. The molecule has 1 nitrogen and oxygen atoms in total. The van der Waals surface area contributed by atoms with E-state index in [9.17, 15) is 9.50 Å². The topological polar surface area (TPSA) is 20.2 Å². The molecule has 2 aromatic carbocycles. The lowest BCUT2D eigenvalue weighted by atomic mass is 10.00. The van der Waals surface area contributed by atoms with Crippen LogP contribution in [0.1, 0.15) is 22.8 Å². The summed E-state index contributed by atoms with van der Waals surface area (Å²) in [6.45, 7) is 1.89. The van der Waals surface area contributed by atoms with E-state index in [0.717, 1.165) is 11.1 Å². The van der Waals surface area contributed by atoms with Gasteiger partial charge in [-0.15, -0.1) is 0 Å². The molecule has 0 heterocycles. The monoisotopic (exact) mass is 342 g/mol. The molecule has 0 spiro atoms. The molecule has 100 valence electrons. The zero-order chi connectivity index (χ0) is 14.0. The van der Waals surface area contributed by atoms with E-state index in [1.807, 2.05) is 19.1 Å². The van der Waals surface area contributed by atoms with Gasteiger partial charge in [-0.1, -0.05) is 45.7 Å². The molecule has 0 saturated heterocycles. The predicted octanol–water partition coefficient (Wildman–Crippen LogP) is 4.83. The second-order valence-corrected chi connectivity index (χ2v) is 5.77. The Hall–Kier alpha value is -0.900. The summed E-state index contributed by atoms with van der Waals surface area (Å²) in [5.41, 5.74) is 2.30. The fourth-order valence-corrected chi connectivity index (χ4v) is 2.75. The number of rotatable bonds is 3. The molecule has 2 aromatic rings. The van der Waals surface area contributed by atoms with Crippen LogP contribution in [0.15, 0.2) is 40.9 Å². The summed E-state index contributed by atoms with van der Waals surface area (Å²) in [6.07, 6.45) is -0.430. The van der Waals surface area contributed by atoms with Crippen LogP contribution in [-0.2, 0) is 6.42 Å². The quantitative estimate of drug-likeness (QED) is 0.846. The number of halogens is 3. The molecule has 0 saturated carbocycles. The van der Waals surface area contributed by atoms with E-state index in [0.29, 0.717) is 21.5 Å². The molecule has 0 radical (unpaired) electrons. The van der Waals surface area contributed by atoms with Gasteiger partial charge in [0.15, 0.2) is 0 Å². The van der Waals surface area contributed by atoms with Crippen molar-refractivity contribution in [3.8, 4) is 0 Å². The van der Waals surface area contributed by atoms with Crippen molar-refractivity contribution >= 4 is 27.5 Å². The molecule has 0 aliphatic rings. The van der Waals surface area contributed by atoms with Crippen LogP contribution >= 0.6 is 27.5 Å². The van der Waals surface area contributed by atoms with Gasteiger partial charge in [0.1, 0.15) is 5.82 Å². The van der Waals surface area contributed by atoms with Crippen LogP contribution in [-0.4, -0.2) is 5.11 Å². The van der Waals surface area contributed by atoms with Crippen LogP contribution in [0.2, 0.25) is 5.02 Å². The maximum atomic E-state index is 13.3. The van der Waals surface area contributed by atoms with Crippen LogP contribution in [0.4, 0.5) is 4.39 Å². The standard InChI is InChI=1S/C15H13BrClFO/c1-9-3-2-4-13(15(9)17)14(19)7-10-5-11(16)8-12(18)6-10/h2-6,8,14,19H,7H2,1H3. The molecule has 0 fully saturated rings. The third kappa shape index (κ3) is 3.56. The minimum Gasteiger partial charge on any atom is -0.388 e. The van der Waals surface area contributed by atoms with Crippen LogP contribution in [0.3, 0.4) is 0 Å². The molecular formula is C15H13BrClFO.